The molecular weight excluding hydrogens is 242 g/mol. The molecule has 5 nitrogen and oxygen atoms in total. The van der Waals surface area contributed by atoms with Crippen molar-refractivity contribution in [2.45, 2.75) is 6.54 Å². The predicted molar refractivity (Wildman–Crippen MR) is 58.7 cm³/mol. The summed E-state index contributed by atoms with van der Waals surface area (Å²) in [6.45, 7) is -0.245. The van der Waals surface area contributed by atoms with Crippen molar-refractivity contribution >= 4 is 23.2 Å². The molecular formula is C11H11NO4S. The van der Waals surface area contributed by atoms with Crippen LogP contribution < -0.4 is 5.11 Å². The standard InChI is InChI=1S/C11H11NO4S/c13-10-7-12(11(14)15,17(16)8-10)6-9-4-2-1-3-5-9/h1-5H,6-8H2. The molecule has 0 spiro atoms. The van der Waals surface area contributed by atoms with E-state index in [9.17, 15) is 19.2 Å². The zero-order valence-electron chi connectivity index (χ0n) is 9.00. The molecule has 1 fully saturated rings. The number of benzene rings is 1. The number of nitrogens with zero attached hydrogens (tertiary/aromatic N) is 1. The van der Waals surface area contributed by atoms with E-state index in [1.807, 2.05) is 0 Å². The summed E-state index contributed by atoms with van der Waals surface area (Å²) in [5, 5.41) is 11.2. The Labute approximate surface area is 102 Å². The van der Waals surface area contributed by atoms with E-state index in [4.69, 9.17) is 0 Å². The van der Waals surface area contributed by atoms with Crippen LogP contribution in [0.1, 0.15) is 5.56 Å². The number of quaternary nitrogens is 1. The summed E-state index contributed by atoms with van der Waals surface area (Å²) in [7, 11) is 0. The van der Waals surface area contributed by atoms with Crippen molar-refractivity contribution in [3.8, 4) is 0 Å². The first-order valence-electron chi connectivity index (χ1n) is 5.08. The molecule has 1 aliphatic heterocycles. The number of rotatable bonds is 2. The molecule has 0 radical (unpaired) electrons. The summed E-state index contributed by atoms with van der Waals surface area (Å²) >= 11 is -1.75. The van der Waals surface area contributed by atoms with E-state index in [0.29, 0.717) is 0 Å². The van der Waals surface area contributed by atoms with Crippen LogP contribution in [0.2, 0.25) is 0 Å². The molecule has 0 aliphatic carbocycles. The molecule has 1 aromatic carbocycles. The number of hydrogen-bond donors (Lipinski definition) is 0. The van der Waals surface area contributed by atoms with Crippen molar-refractivity contribution in [1.82, 2.24) is 0 Å². The molecule has 1 heterocycles. The molecule has 1 aliphatic rings. The van der Waals surface area contributed by atoms with Gasteiger partial charge in [0.1, 0.15) is 0 Å². The third-order valence-corrected chi connectivity index (χ3v) is 4.48. The van der Waals surface area contributed by atoms with Crippen molar-refractivity contribution in [2.24, 2.45) is 0 Å². The van der Waals surface area contributed by atoms with Crippen LogP contribution in [0.3, 0.4) is 0 Å². The molecule has 0 aromatic heterocycles. The Kier molecular flexibility index (Phi) is 3.19. The van der Waals surface area contributed by atoms with Crippen LogP contribution in [-0.2, 0) is 22.7 Å². The zero-order chi connectivity index (χ0) is 12.5. The second-order valence-corrected chi connectivity index (χ2v) is 5.59. The van der Waals surface area contributed by atoms with Gasteiger partial charge < -0.3 is 14.5 Å². The third-order valence-electron chi connectivity index (χ3n) is 2.72. The van der Waals surface area contributed by atoms with Gasteiger partial charge in [0.2, 0.25) is 11.5 Å². The molecule has 2 rings (SSSR count). The van der Waals surface area contributed by atoms with Crippen molar-refractivity contribution in [3.05, 3.63) is 35.9 Å². The van der Waals surface area contributed by atoms with Crippen molar-refractivity contribution in [1.29, 1.82) is 0 Å². The van der Waals surface area contributed by atoms with Gasteiger partial charge in [-0.1, -0.05) is 34.2 Å². The third kappa shape index (κ3) is 2.19. The van der Waals surface area contributed by atoms with Gasteiger partial charge in [0.15, 0.2) is 24.5 Å². The molecule has 1 amide bonds. The van der Waals surface area contributed by atoms with Gasteiger partial charge in [0.05, 0.1) is 0 Å². The quantitative estimate of drug-likeness (QED) is 0.530. The van der Waals surface area contributed by atoms with Crippen LogP contribution >= 0.6 is 0 Å². The zero-order valence-corrected chi connectivity index (χ0v) is 9.81. The lowest BCUT2D eigenvalue weighted by Crippen LogP contribution is -2.59. The van der Waals surface area contributed by atoms with Crippen LogP contribution in [-0.4, -0.2) is 32.6 Å². The minimum Gasteiger partial charge on any atom is -0.566 e. The Morgan fingerprint density at radius 3 is 2.47 bits per heavy atom. The number of Topliss-reactive ketones (excluding diaryl/α,β-unsaturated/α-hetero) is 1. The van der Waals surface area contributed by atoms with Crippen molar-refractivity contribution < 1.29 is 23.1 Å². The highest BCUT2D eigenvalue weighted by Gasteiger charge is 2.53. The van der Waals surface area contributed by atoms with Gasteiger partial charge in [-0.2, -0.15) is 0 Å². The van der Waals surface area contributed by atoms with E-state index in [-0.39, 0.29) is 24.6 Å². The summed E-state index contributed by atoms with van der Waals surface area (Å²) in [5.41, 5.74) is 0.722. The SMILES string of the molecule is O=C1C[S+]([O-])[N+](Cc2ccccc2)(C(=O)[O-])C1. The first-order valence-corrected chi connectivity index (χ1v) is 6.35. The maximum atomic E-state index is 11.8. The molecule has 1 saturated heterocycles. The van der Waals surface area contributed by atoms with Crippen LogP contribution in [0.15, 0.2) is 30.3 Å². The molecule has 17 heavy (non-hydrogen) atoms. The van der Waals surface area contributed by atoms with Gasteiger partial charge in [0, 0.05) is 5.56 Å². The molecule has 2 atom stereocenters. The van der Waals surface area contributed by atoms with Gasteiger partial charge >= 0.3 is 6.09 Å². The van der Waals surface area contributed by atoms with E-state index in [2.05, 4.69) is 0 Å². The Bertz CT molecular complexity index is 450. The smallest absolute Gasteiger partial charge is 0.304 e. The van der Waals surface area contributed by atoms with Crippen LogP contribution in [0.5, 0.6) is 0 Å². The lowest BCUT2D eigenvalue weighted by atomic mass is 10.2. The number of carboxylic acid groups (broad SMARTS) is 1. The highest BCUT2D eigenvalue weighted by Crippen LogP contribution is 2.26. The maximum absolute atomic E-state index is 11.8. The van der Waals surface area contributed by atoms with Crippen molar-refractivity contribution in [3.63, 3.8) is 0 Å². The fourth-order valence-electron chi connectivity index (χ4n) is 1.88. The van der Waals surface area contributed by atoms with Crippen molar-refractivity contribution in [2.75, 3.05) is 12.3 Å². The lowest BCUT2D eigenvalue weighted by molar-refractivity contribution is -0.759. The number of ketones is 1. The van der Waals surface area contributed by atoms with E-state index in [1.165, 1.54) is 0 Å². The number of hydrogen-bond acceptors (Lipinski definition) is 4. The van der Waals surface area contributed by atoms with E-state index >= 15 is 0 Å². The lowest BCUT2D eigenvalue weighted by Gasteiger charge is -2.29. The van der Waals surface area contributed by atoms with Gasteiger partial charge in [-0.3, -0.25) is 4.79 Å². The number of carbonyl (C=O) groups excluding carboxylic acids is 2. The average molecular weight is 253 g/mol. The fraction of sp³-hybridized carbons (Fsp3) is 0.273. The van der Waals surface area contributed by atoms with Crippen LogP contribution in [0.4, 0.5) is 4.79 Å². The average Bonchev–Trinajstić information content (AvgIpc) is 2.56. The number of carbonyl (C=O) groups is 2. The Hall–Kier alpha value is -1.37. The largest absolute Gasteiger partial charge is 0.566 e. The summed E-state index contributed by atoms with van der Waals surface area (Å²) < 4.78 is 11.0. The molecule has 0 saturated carbocycles. The first kappa shape index (κ1) is 12.1. The topological polar surface area (TPSA) is 80.3 Å². The van der Waals surface area contributed by atoms with Gasteiger partial charge in [-0.05, 0) is 0 Å². The maximum Gasteiger partial charge on any atom is 0.304 e. The predicted octanol–water partition coefficient (Wildman–Crippen LogP) is -0.407. The summed E-state index contributed by atoms with van der Waals surface area (Å²) in [5.74, 6) is -0.510. The highest BCUT2D eigenvalue weighted by molar-refractivity contribution is 7.87. The minimum absolute atomic E-state index is 0.0154. The van der Waals surface area contributed by atoms with Crippen LogP contribution in [0, 0.1) is 0 Å². The number of amides is 1. The van der Waals surface area contributed by atoms with Gasteiger partial charge in [-0.25, -0.2) is 0 Å². The highest BCUT2D eigenvalue weighted by atomic mass is 32.2. The molecule has 90 valence electrons. The molecule has 0 bridgehead atoms. The summed E-state index contributed by atoms with van der Waals surface area (Å²) in [6.07, 6.45) is -1.46. The molecule has 0 N–H and O–H groups in total. The monoisotopic (exact) mass is 253 g/mol. The van der Waals surface area contributed by atoms with Gasteiger partial charge in [-0.15, -0.1) is 0 Å². The van der Waals surface area contributed by atoms with E-state index in [1.54, 1.807) is 30.3 Å². The second-order valence-electron chi connectivity index (χ2n) is 3.96. The van der Waals surface area contributed by atoms with E-state index in [0.717, 1.165) is 5.56 Å². The Morgan fingerprint density at radius 1 is 1.35 bits per heavy atom. The Morgan fingerprint density at radius 2 is 2.00 bits per heavy atom. The molecule has 6 heteroatoms. The van der Waals surface area contributed by atoms with E-state index < -0.39 is 21.3 Å². The summed E-state index contributed by atoms with van der Waals surface area (Å²) in [4.78, 5) is 22.5. The minimum atomic E-state index is -1.75. The first-order chi connectivity index (χ1) is 8.04. The molecule has 2 unspecified atom stereocenters. The second kappa shape index (κ2) is 4.48. The van der Waals surface area contributed by atoms with Crippen LogP contribution in [0.25, 0.3) is 0 Å². The fourth-order valence-corrected chi connectivity index (χ4v) is 3.24. The molecule has 1 aromatic rings. The van der Waals surface area contributed by atoms with Gasteiger partial charge in [0.25, 0.3) is 0 Å². The normalized spacial score (nSPS) is 28.3. The summed E-state index contributed by atoms with van der Waals surface area (Å²) in [6, 6.07) is 8.81. The Balaban J connectivity index is 2.30.